The van der Waals surface area contributed by atoms with E-state index >= 15 is 0 Å². The maximum absolute atomic E-state index is 10.3. The summed E-state index contributed by atoms with van der Waals surface area (Å²) in [6.07, 6.45) is 6.83. The zero-order chi connectivity index (χ0) is 17.2. The molecule has 1 saturated heterocycles. The van der Waals surface area contributed by atoms with Gasteiger partial charge in [0.25, 0.3) is 0 Å². The van der Waals surface area contributed by atoms with Crippen LogP contribution in [0.3, 0.4) is 0 Å². The first-order valence-electron chi connectivity index (χ1n) is 9.16. The molecule has 1 saturated carbocycles. The minimum Gasteiger partial charge on any atom is -0.507 e. The van der Waals surface area contributed by atoms with Crippen LogP contribution in [0.1, 0.15) is 31.2 Å². The summed E-state index contributed by atoms with van der Waals surface area (Å²) in [6.45, 7) is 3.41. The third-order valence-corrected chi connectivity index (χ3v) is 5.06. The quantitative estimate of drug-likeness (QED) is 0.761. The third kappa shape index (κ3) is 3.90. The summed E-state index contributed by atoms with van der Waals surface area (Å²) in [7, 11) is 0. The van der Waals surface area contributed by atoms with Crippen molar-refractivity contribution in [2.75, 3.05) is 26.2 Å². The van der Waals surface area contributed by atoms with E-state index in [1.807, 2.05) is 12.3 Å². The molecule has 2 fully saturated rings. The number of ether oxygens (including phenoxy) is 1. The molecule has 0 radical (unpaired) electrons. The van der Waals surface area contributed by atoms with E-state index in [2.05, 4.69) is 15.2 Å². The molecule has 1 aromatic rings. The second-order valence-electron chi connectivity index (χ2n) is 7.22. The fourth-order valence-electron chi connectivity index (χ4n) is 3.40. The highest BCUT2D eigenvalue weighted by atomic mass is 16.5. The van der Waals surface area contributed by atoms with Gasteiger partial charge < -0.3 is 25.8 Å². The molecule has 3 aliphatic rings. The van der Waals surface area contributed by atoms with E-state index in [-0.39, 0.29) is 5.75 Å². The number of amidine groups is 1. The van der Waals surface area contributed by atoms with Gasteiger partial charge in [0, 0.05) is 24.4 Å². The lowest BCUT2D eigenvalue weighted by Crippen LogP contribution is -2.47. The number of piperidine rings is 1. The Morgan fingerprint density at radius 2 is 2.20 bits per heavy atom. The van der Waals surface area contributed by atoms with Crippen LogP contribution in [0.2, 0.25) is 0 Å². The minimum absolute atomic E-state index is 0.199. The first kappa shape index (κ1) is 16.3. The fraction of sp³-hybridized carbons (Fsp3) is 0.526. The molecule has 0 amide bonds. The van der Waals surface area contributed by atoms with Gasteiger partial charge in [0.2, 0.25) is 0 Å². The van der Waals surface area contributed by atoms with Crippen molar-refractivity contribution in [2.24, 2.45) is 16.6 Å². The number of aromatic hydroxyl groups is 1. The van der Waals surface area contributed by atoms with Crippen molar-refractivity contribution in [1.29, 1.82) is 0 Å². The molecule has 4 rings (SSSR count). The van der Waals surface area contributed by atoms with Crippen molar-refractivity contribution in [3.63, 3.8) is 0 Å². The number of phenols is 1. The van der Waals surface area contributed by atoms with E-state index in [1.54, 1.807) is 12.1 Å². The van der Waals surface area contributed by atoms with Gasteiger partial charge in [-0.25, -0.2) is 4.99 Å². The molecule has 6 heteroatoms. The van der Waals surface area contributed by atoms with Crippen LogP contribution in [0.5, 0.6) is 11.5 Å². The lowest BCUT2D eigenvalue weighted by molar-refractivity contribution is 0.252. The van der Waals surface area contributed by atoms with Gasteiger partial charge in [0.15, 0.2) is 0 Å². The van der Waals surface area contributed by atoms with Crippen LogP contribution in [0, 0.1) is 5.92 Å². The fourth-order valence-corrected chi connectivity index (χ4v) is 3.40. The molecule has 2 heterocycles. The van der Waals surface area contributed by atoms with Crippen LogP contribution >= 0.6 is 0 Å². The Morgan fingerprint density at radius 3 is 2.96 bits per heavy atom. The van der Waals surface area contributed by atoms with Gasteiger partial charge in [0.1, 0.15) is 17.3 Å². The Balaban J connectivity index is 1.57. The second kappa shape index (κ2) is 6.96. The standard InChI is InChI=1S/C19H26N4O2/c20-19-11-23(14-2-1-7-21-9-14)10-17(22-19)16-8-15(5-6-18(16)24)25-12-13-3-4-13/h5-6,8,10,13-14,21,24H,1-4,7,9,11-12H2,(H2,20,22). The van der Waals surface area contributed by atoms with Gasteiger partial charge in [-0.3, -0.25) is 0 Å². The molecule has 1 aliphatic carbocycles. The van der Waals surface area contributed by atoms with Crippen molar-refractivity contribution >= 4 is 11.5 Å². The predicted octanol–water partition coefficient (Wildman–Crippen LogP) is 1.90. The zero-order valence-electron chi connectivity index (χ0n) is 14.4. The summed E-state index contributed by atoms with van der Waals surface area (Å²) in [5, 5.41) is 13.8. The Morgan fingerprint density at radius 1 is 1.32 bits per heavy atom. The number of nitrogens with two attached hydrogens (primary N) is 1. The average molecular weight is 342 g/mol. The van der Waals surface area contributed by atoms with Crippen molar-refractivity contribution in [3.8, 4) is 11.5 Å². The molecule has 0 bridgehead atoms. The van der Waals surface area contributed by atoms with E-state index in [0.29, 0.717) is 35.6 Å². The minimum atomic E-state index is 0.199. The maximum atomic E-state index is 10.3. The molecule has 2 aliphatic heterocycles. The molecule has 6 nitrogen and oxygen atoms in total. The van der Waals surface area contributed by atoms with Gasteiger partial charge in [-0.15, -0.1) is 0 Å². The summed E-state index contributed by atoms with van der Waals surface area (Å²) in [6, 6.07) is 5.75. The summed E-state index contributed by atoms with van der Waals surface area (Å²) < 4.78 is 5.84. The number of aliphatic imine (C=N–C) groups is 1. The Hall–Kier alpha value is -2.21. The average Bonchev–Trinajstić information content (AvgIpc) is 3.46. The molecule has 134 valence electrons. The first-order chi connectivity index (χ1) is 12.2. The largest absolute Gasteiger partial charge is 0.507 e. The van der Waals surface area contributed by atoms with E-state index in [9.17, 15) is 5.11 Å². The Labute approximate surface area is 148 Å². The maximum Gasteiger partial charge on any atom is 0.125 e. The Kier molecular flexibility index (Phi) is 4.53. The predicted molar refractivity (Wildman–Crippen MR) is 98.5 cm³/mol. The van der Waals surface area contributed by atoms with E-state index in [0.717, 1.165) is 38.3 Å². The number of hydrogen-bond acceptors (Lipinski definition) is 6. The highest BCUT2D eigenvalue weighted by Gasteiger charge is 2.24. The highest BCUT2D eigenvalue weighted by molar-refractivity contribution is 5.91. The number of hydrogen-bond donors (Lipinski definition) is 3. The zero-order valence-corrected chi connectivity index (χ0v) is 14.4. The molecular formula is C19H26N4O2. The number of phenolic OH excluding ortho intramolecular Hbond substituents is 1. The van der Waals surface area contributed by atoms with Crippen LogP contribution in [0.25, 0.3) is 5.70 Å². The first-order valence-corrected chi connectivity index (χ1v) is 9.16. The molecule has 4 N–H and O–H groups in total. The molecule has 0 aromatic heterocycles. The van der Waals surface area contributed by atoms with Crippen LogP contribution in [-0.2, 0) is 0 Å². The molecule has 1 unspecified atom stereocenters. The number of benzene rings is 1. The SMILES string of the molecule is NC1=NC(c2cc(OCC3CC3)ccc2O)=CN(C2CCCNC2)C1. The molecule has 1 atom stereocenters. The summed E-state index contributed by atoms with van der Waals surface area (Å²) in [4.78, 5) is 6.72. The number of rotatable bonds is 5. The Bertz CT molecular complexity index is 691. The van der Waals surface area contributed by atoms with Gasteiger partial charge in [0.05, 0.1) is 18.8 Å². The van der Waals surface area contributed by atoms with Crippen LogP contribution in [0.15, 0.2) is 29.4 Å². The topological polar surface area (TPSA) is 83.1 Å². The molecule has 1 aromatic carbocycles. The third-order valence-electron chi connectivity index (χ3n) is 5.06. The van der Waals surface area contributed by atoms with Crippen LogP contribution in [0.4, 0.5) is 0 Å². The van der Waals surface area contributed by atoms with Crippen molar-refractivity contribution in [1.82, 2.24) is 10.2 Å². The molecule has 0 spiro atoms. The summed E-state index contributed by atoms with van der Waals surface area (Å²) in [5.41, 5.74) is 7.46. The second-order valence-corrected chi connectivity index (χ2v) is 7.22. The van der Waals surface area contributed by atoms with Gasteiger partial charge in [-0.1, -0.05) is 0 Å². The van der Waals surface area contributed by atoms with Crippen LogP contribution in [-0.4, -0.2) is 48.1 Å². The van der Waals surface area contributed by atoms with Crippen molar-refractivity contribution < 1.29 is 9.84 Å². The lowest BCUT2D eigenvalue weighted by atomic mass is 10.0. The van der Waals surface area contributed by atoms with E-state index < -0.39 is 0 Å². The highest BCUT2D eigenvalue weighted by Crippen LogP contribution is 2.34. The van der Waals surface area contributed by atoms with Gasteiger partial charge in [-0.05, 0) is 56.3 Å². The molecule has 25 heavy (non-hydrogen) atoms. The smallest absolute Gasteiger partial charge is 0.125 e. The van der Waals surface area contributed by atoms with E-state index in [4.69, 9.17) is 10.5 Å². The molecular weight excluding hydrogens is 316 g/mol. The number of nitrogens with one attached hydrogen (secondary N) is 1. The van der Waals surface area contributed by atoms with Crippen molar-refractivity contribution in [3.05, 3.63) is 30.0 Å². The number of nitrogens with zero attached hydrogens (tertiary/aromatic N) is 2. The normalized spacial score (nSPS) is 23.8. The van der Waals surface area contributed by atoms with Crippen molar-refractivity contribution in [2.45, 2.75) is 31.7 Å². The lowest BCUT2D eigenvalue weighted by Gasteiger charge is -2.35. The monoisotopic (exact) mass is 342 g/mol. The van der Waals surface area contributed by atoms with Gasteiger partial charge >= 0.3 is 0 Å². The van der Waals surface area contributed by atoms with Gasteiger partial charge in [-0.2, -0.15) is 0 Å². The van der Waals surface area contributed by atoms with Crippen LogP contribution < -0.4 is 15.8 Å². The van der Waals surface area contributed by atoms with E-state index in [1.165, 1.54) is 12.8 Å². The summed E-state index contributed by atoms with van der Waals surface area (Å²) in [5.74, 6) is 2.23. The summed E-state index contributed by atoms with van der Waals surface area (Å²) >= 11 is 0.